The summed E-state index contributed by atoms with van der Waals surface area (Å²) in [5, 5.41) is 0. The van der Waals surface area contributed by atoms with Gasteiger partial charge in [0.15, 0.2) is 5.82 Å². The molecule has 0 N–H and O–H groups in total. The van der Waals surface area contributed by atoms with E-state index in [0.29, 0.717) is 54.5 Å². The number of carbonyl (C=O) groups excluding carboxylic acids is 1. The lowest BCUT2D eigenvalue weighted by Gasteiger charge is -2.35. The van der Waals surface area contributed by atoms with E-state index in [1.54, 1.807) is 29.4 Å². The summed E-state index contributed by atoms with van der Waals surface area (Å²) in [6.45, 7) is 14.8. The summed E-state index contributed by atoms with van der Waals surface area (Å²) in [5.41, 5.74) is 2.60. The summed E-state index contributed by atoms with van der Waals surface area (Å²) in [6, 6.07) is 4.80. The lowest BCUT2D eigenvalue weighted by molar-refractivity contribution is 0.0139. The number of ether oxygens (including phenoxy) is 1. The zero-order chi connectivity index (χ0) is 30.2. The Morgan fingerprint density at radius 2 is 1.67 bits per heavy atom. The van der Waals surface area contributed by atoms with Gasteiger partial charge < -0.3 is 14.2 Å². The van der Waals surface area contributed by atoms with Crippen LogP contribution in [0.25, 0.3) is 22.2 Å². The van der Waals surface area contributed by atoms with Crippen molar-refractivity contribution in [2.45, 2.75) is 66.2 Å². The van der Waals surface area contributed by atoms with Crippen LogP contribution >= 0.6 is 0 Å². The fraction of sp³-hybridized carbons (Fsp3) is 0.452. The second-order valence-corrected chi connectivity index (χ2v) is 12.0. The van der Waals surface area contributed by atoms with Gasteiger partial charge in [-0.1, -0.05) is 0 Å². The smallest absolute Gasteiger partial charge is 0.410 e. The third-order valence-corrected chi connectivity index (χ3v) is 7.19. The zero-order valence-electron chi connectivity index (χ0n) is 25.0. The van der Waals surface area contributed by atoms with Crippen molar-refractivity contribution in [1.82, 2.24) is 34.3 Å². The van der Waals surface area contributed by atoms with E-state index in [1.807, 2.05) is 46.1 Å². The van der Waals surface area contributed by atoms with Gasteiger partial charge in [0.2, 0.25) is 0 Å². The van der Waals surface area contributed by atoms with Crippen molar-refractivity contribution in [2.75, 3.05) is 26.2 Å². The highest BCUT2D eigenvalue weighted by Gasteiger charge is 2.26. The second kappa shape index (κ2) is 11.7. The number of benzene rings is 1. The number of pyridine rings is 1. The van der Waals surface area contributed by atoms with Gasteiger partial charge in [-0.25, -0.2) is 28.5 Å². The molecular weight excluding hydrogens is 540 g/mol. The van der Waals surface area contributed by atoms with Crippen LogP contribution in [0.2, 0.25) is 0 Å². The van der Waals surface area contributed by atoms with E-state index in [1.165, 1.54) is 6.07 Å². The SMILES string of the molecule is Cc1nc2c(F)cc(-c3cc(Cc4ncc(CN5CCN(C(=O)OC(C)(C)C)CC5)cn4)ncc3F)cc2n1C(C)C. The maximum absolute atomic E-state index is 15.0. The number of imidazole rings is 1. The summed E-state index contributed by atoms with van der Waals surface area (Å²) in [7, 11) is 0. The first-order valence-electron chi connectivity index (χ1n) is 14.2. The molecule has 0 unspecified atom stereocenters. The van der Waals surface area contributed by atoms with Crippen LogP contribution in [0.5, 0.6) is 0 Å². The maximum Gasteiger partial charge on any atom is 0.410 e. The van der Waals surface area contributed by atoms with Crippen molar-refractivity contribution in [3.63, 3.8) is 0 Å². The van der Waals surface area contributed by atoms with Gasteiger partial charge in [0.05, 0.1) is 18.1 Å². The molecule has 1 amide bonds. The van der Waals surface area contributed by atoms with Gasteiger partial charge in [-0.3, -0.25) is 9.88 Å². The van der Waals surface area contributed by atoms with Crippen LogP contribution in [0.1, 0.15) is 63.6 Å². The van der Waals surface area contributed by atoms with Crippen LogP contribution in [0.3, 0.4) is 0 Å². The molecule has 5 rings (SSSR count). The third-order valence-electron chi connectivity index (χ3n) is 7.19. The van der Waals surface area contributed by atoms with E-state index in [2.05, 4.69) is 24.8 Å². The molecular formula is C31H37F2N7O2. The Bertz CT molecular complexity index is 1590. The van der Waals surface area contributed by atoms with E-state index in [9.17, 15) is 9.18 Å². The van der Waals surface area contributed by atoms with Crippen molar-refractivity contribution < 1.29 is 18.3 Å². The average molecular weight is 578 g/mol. The predicted molar refractivity (Wildman–Crippen MR) is 156 cm³/mol. The molecule has 11 heteroatoms. The lowest BCUT2D eigenvalue weighted by atomic mass is 10.0. The number of halogens is 2. The Morgan fingerprint density at radius 1 is 0.976 bits per heavy atom. The van der Waals surface area contributed by atoms with Gasteiger partial charge in [-0.2, -0.15) is 0 Å². The number of aryl methyl sites for hydroxylation is 1. The van der Waals surface area contributed by atoms with E-state index in [0.717, 1.165) is 24.8 Å². The Balaban J connectivity index is 1.25. The molecule has 0 radical (unpaired) electrons. The molecule has 1 aliphatic heterocycles. The van der Waals surface area contributed by atoms with Crippen LogP contribution < -0.4 is 0 Å². The maximum atomic E-state index is 15.0. The van der Waals surface area contributed by atoms with Crippen LogP contribution in [-0.4, -0.2) is 72.2 Å². The van der Waals surface area contributed by atoms with E-state index < -0.39 is 17.2 Å². The number of piperazine rings is 1. The van der Waals surface area contributed by atoms with E-state index in [-0.39, 0.29) is 23.2 Å². The molecule has 4 aromatic rings. The van der Waals surface area contributed by atoms with Crippen molar-refractivity contribution >= 4 is 17.1 Å². The summed E-state index contributed by atoms with van der Waals surface area (Å²) in [6.07, 6.45) is 4.74. The lowest BCUT2D eigenvalue weighted by Crippen LogP contribution is -2.49. The molecule has 9 nitrogen and oxygen atoms in total. The molecule has 1 aromatic carbocycles. The molecule has 0 spiro atoms. The van der Waals surface area contributed by atoms with E-state index >= 15 is 4.39 Å². The van der Waals surface area contributed by atoms with Crippen molar-refractivity contribution in [1.29, 1.82) is 0 Å². The molecule has 0 aliphatic carbocycles. The monoisotopic (exact) mass is 577 g/mol. The summed E-state index contributed by atoms with van der Waals surface area (Å²) in [4.78, 5) is 33.9. The summed E-state index contributed by atoms with van der Waals surface area (Å²) >= 11 is 0. The molecule has 3 aromatic heterocycles. The number of aromatic nitrogens is 5. The van der Waals surface area contributed by atoms with Crippen molar-refractivity contribution in [2.24, 2.45) is 0 Å². The van der Waals surface area contributed by atoms with Gasteiger partial charge in [-0.05, 0) is 65.3 Å². The summed E-state index contributed by atoms with van der Waals surface area (Å²) < 4.78 is 37.4. The van der Waals surface area contributed by atoms with Crippen molar-refractivity contribution in [3.8, 4) is 11.1 Å². The minimum atomic E-state index is -0.534. The minimum Gasteiger partial charge on any atom is -0.444 e. The molecule has 0 bridgehead atoms. The Hall–Kier alpha value is -3.99. The van der Waals surface area contributed by atoms with Crippen LogP contribution in [0.4, 0.5) is 13.6 Å². The first kappa shape index (κ1) is 29.5. The molecule has 1 aliphatic rings. The van der Waals surface area contributed by atoms with Crippen molar-refractivity contribution in [3.05, 3.63) is 71.3 Å². The predicted octanol–water partition coefficient (Wildman–Crippen LogP) is 5.70. The fourth-order valence-electron chi connectivity index (χ4n) is 5.27. The number of hydrogen-bond donors (Lipinski definition) is 0. The normalized spacial score (nSPS) is 14.6. The number of hydrogen-bond acceptors (Lipinski definition) is 7. The number of carbonyl (C=O) groups is 1. The molecule has 222 valence electrons. The largest absolute Gasteiger partial charge is 0.444 e. The quantitative estimate of drug-likeness (QED) is 0.291. The first-order valence-corrected chi connectivity index (χ1v) is 14.2. The zero-order valence-corrected chi connectivity index (χ0v) is 25.0. The van der Waals surface area contributed by atoms with Gasteiger partial charge in [0.25, 0.3) is 0 Å². The second-order valence-electron chi connectivity index (χ2n) is 12.0. The van der Waals surface area contributed by atoms with E-state index in [4.69, 9.17) is 4.74 Å². The Labute approximate surface area is 244 Å². The highest BCUT2D eigenvalue weighted by Crippen LogP contribution is 2.31. The average Bonchev–Trinajstić information content (AvgIpc) is 3.27. The minimum absolute atomic E-state index is 0.0736. The number of amides is 1. The van der Waals surface area contributed by atoms with Gasteiger partial charge in [0.1, 0.15) is 28.6 Å². The first-order chi connectivity index (χ1) is 19.9. The topological polar surface area (TPSA) is 89.3 Å². The highest BCUT2D eigenvalue weighted by atomic mass is 19.1. The Kier molecular flexibility index (Phi) is 8.23. The number of rotatable bonds is 6. The summed E-state index contributed by atoms with van der Waals surface area (Å²) in [5.74, 6) is 0.227. The Morgan fingerprint density at radius 3 is 2.31 bits per heavy atom. The fourth-order valence-corrected chi connectivity index (χ4v) is 5.27. The van der Waals surface area contributed by atoms with Crippen LogP contribution in [0.15, 0.2) is 36.8 Å². The van der Waals surface area contributed by atoms with Gasteiger partial charge >= 0.3 is 6.09 Å². The molecule has 42 heavy (non-hydrogen) atoms. The molecule has 4 heterocycles. The number of fused-ring (bicyclic) bond motifs is 1. The third kappa shape index (κ3) is 6.56. The molecule has 0 saturated carbocycles. The van der Waals surface area contributed by atoms with Crippen LogP contribution in [-0.2, 0) is 17.7 Å². The molecule has 1 saturated heterocycles. The van der Waals surface area contributed by atoms with Crippen LogP contribution in [0, 0.1) is 18.6 Å². The number of nitrogens with zero attached hydrogens (tertiary/aromatic N) is 7. The standard InChI is InChI=1S/C31H37F2N7O2/c1-19(2)40-20(3)37-29-25(32)11-22(12-27(29)40)24-13-23(34-17-26(24)33)14-28-35-15-21(16-36-28)18-38-7-9-39(10-8-38)30(41)42-31(4,5)6/h11-13,15-17,19H,7-10,14,18H2,1-6H3. The molecule has 0 atom stereocenters. The van der Waals surface area contributed by atoms with Gasteiger partial charge in [-0.15, -0.1) is 0 Å². The van der Waals surface area contributed by atoms with Gasteiger partial charge in [0, 0.05) is 68.0 Å². The molecule has 1 fully saturated rings. The highest BCUT2D eigenvalue weighted by molar-refractivity contribution is 5.83.